The quantitative estimate of drug-likeness (QED) is 0.608. The predicted molar refractivity (Wildman–Crippen MR) is 108 cm³/mol. The van der Waals surface area contributed by atoms with Gasteiger partial charge in [0.05, 0.1) is 18.2 Å². The summed E-state index contributed by atoms with van der Waals surface area (Å²) in [5.41, 5.74) is 1.94. The lowest BCUT2D eigenvalue weighted by atomic mass is 9.77. The second-order valence-electron chi connectivity index (χ2n) is 8.49. The molecular weight excluding hydrogens is 400 g/mol. The molecule has 1 spiro atoms. The Morgan fingerprint density at radius 1 is 1.23 bits per heavy atom. The lowest BCUT2D eigenvalue weighted by Crippen LogP contribution is -2.59. The summed E-state index contributed by atoms with van der Waals surface area (Å²) >= 11 is 0. The minimum atomic E-state index is -0.113. The van der Waals surface area contributed by atoms with Gasteiger partial charge in [-0.2, -0.15) is 4.98 Å². The van der Waals surface area contributed by atoms with Crippen LogP contribution in [-0.2, 0) is 11.3 Å². The van der Waals surface area contributed by atoms with Crippen LogP contribution in [0, 0.1) is 12.3 Å². The smallest absolute Gasteiger partial charge is 0.276 e. The third-order valence-electron chi connectivity index (χ3n) is 6.22. The molecule has 0 aliphatic carbocycles. The highest BCUT2D eigenvalue weighted by molar-refractivity contribution is 5.94. The summed E-state index contributed by atoms with van der Waals surface area (Å²) in [4.78, 5) is 25.6. The normalized spacial score (nSPS) is 20.4. The Hall–Kier alpha value is -3.11. The van der Waals surface area contributed by atoms with Crippen molar-refractivity contribution in [2.24, 2.45) is 5.41 Å². The number of carbonyl (C=O) groups excluding carboxylic acids is 1. The Bertz CT molecular complexity index is 1090. The molecule has 0 bridgehead atoms. The van der Waals surface area contributed by atoms with Crippen LogP contribution in [0.4, 0.5) is 0 Å². The molecule has 1 amide bonds. The Balaban J connectivity index is 1.27. The zero-order valence-electron chi connectivity index (χ0n) is 17.7. The van der Waals surface area contributed by atoms with Crippen molar-refractivity contribution in [1.82, 2.24) is 30.1 Å². The second kappa shape index (κ2) is 7.54. The first-order chi connectivity index (χ1) is 15.0. The maximum absolute atomic E-state index is 13.0. The van der Waals surface area contributed by atoms with Crippen molar-refractivity contribution in [1.29, 1.82) is 0 Å². The maximum Gasteiger partial charge on any atom is 0.276 e. The van der Waals surface area contributed by atoms with Crippen LogP contribution in [0.5, 0.6) is 0 Å². The Kier molecular flexibility index (Phi) is 4.82. The average Bonchev–Trinajstić information content (AvgIpc) is 3.45. The molecule has 0 saturated carbocycles. The third-order valence-corrected chi connectivity index (χ3v) is 6.22. The number of nitrogens with zero attached hydrogens (tertiary/aromatic N) is 6. The molecule has 10 nitrogen and oxygen atoms in total. The van der Waals surface area contributed by atoms with Crippen LogP contribution >= 0.6 is 0 Å². The van der Waals surface area contributed by atoms with Gasteiger partial charge in [0, 0.05) is 50.1 Å². The van der Waals surface area contributed by atoms with Crippen LogP contribution in [0.25, 0.3) is 11.4 Å². The van der Waals surface area contributed by atoms with Crippen LogP contribution in [-0.4, -0.2) is 69.8 Å². The Morgan fingerprint density at radius 2 is 2.00 bits per heavy atom. The molecule has 1 atom stereocenters. The lowest BCUT2D eigenvalue weighted by molar-refractivity contribution is 0.0104. The third kappa shape index (κ3) is 3.41. The van der Waals surface area contributed by atoms with Gasteiger partial charge in [-0.15, -0.1) is 0 Å². The van der Waals surface area contributed by atoms with Gasteiger partial charge in [-0.1, -0.05) is 10.3 Å². The van der Waals surface area contributed by atoms with Crippen LogP contribution in [0.15, 0.2) is 33.6 Å². The average molecular weight is 424 g/mol. The molecule has 0 aromatic carbocycles. The van der Waals surface area contributed by atoms with Crippen molar-refractivity contribution < 1.29 is 18.6 Å². The van der Waals surface area contributed by atoms with Crippen molar-refractivity contribution >= 4 is 5.91 Å². The van der Waals surface area contributed by atoms with Crippen LogP contribution in [0.1, 0.15) is 40.2 Å². The standard InChI is InChI=1S/C21H24N6O4/c1-13-15(9-29-3)17(24-30-13)20(28)27-11-21(12-27)8-16(26(2)10-21)19-23-18(25-31-19)14-4-6-22-7-5-14/h4-7,16H,8-12H2,1-3H3. The molecule has 2 fully saturated rings. The number of hydrogen-bond donors (Lipinski definition) is 0. The number of ether oxygens (including phenoxy) is 1. The fourth-order valence-electron chi connectivity index (χ4n) is 4.69. The van der Waals surface area contributed by atoms with Gasteiger partial charge in [0.1, 0.15) is 5.76 Å². The van der Waals surface area contributed by atoms with Gasteiger partial charge in [-0.05, 0) is 32.5 Å². The van der Waals surface area contributed by atoms with E-state index in [0.717, 1.165) is 18.5 Å². The molecule has 1 unspecified atom stereocenters. The molecule has 162 valence electrons. The van der Waals surface area contributed by atoms with Crippen molar-refractivity contribution in [2.45, 2.75) is 26.0 Å². The van der Waals surface area contributed by atoms with E-state index in [9.17, 15) is 4.79 Å². The van der Waals surface area contributed by atoms with Gasteiger partial charge in [0.25, 0.3) is 5.91 Å². The van der Waals surface area contributed by atoms with E-state index in [4.69, 9.17) is 13.8 Å². The van der Waals surface area contributed by atoms with E-state index < -0.39 is 0 Å². The van der Waals surface area contributed by atoms with Gasteiger partial charge in [-0.3, -0.25) is 14.7 Å². The fraction of sp³-hybridized carbons (Fsp3) is 0.476. The highest BCUT2D eigenvalue weighted by Crippen LogP contribution is 2.47. The van der Waals surface area contributed by atoms with Crippen LogP contribution < -0.4 is 0 Å². The zero-order chi connectivity index (χ0) is 21.6. The minimum absolute atomic E-state index is 0.0145. The molecule has 2 aliphatic rings. The molecule has 3 aromatic rings. The van der Waals surface area contributed by atoms with E-state index in [1.54, 1.807) is 26.4 Å². The topological polar surface area (TPSA) is 111 Å². The van der Waals surface area contributed by atoms with Crippen LogP contribution in [0.2, 0.25) is 0 Å². The summed E-state index contributed by atoms with van der Waals surface area (Å²) < 4.78 is 16.0. The van der Waals surface area contributed by atoms with Crippen molar-refractivity contribution in [3.8, 4) is 11.4 Å². The fourth-order valence-corrected chi connectivity index (χ4v) is 4.69. The summed E-state index contributed by atoms with van der Waals surface area (Å²) in [6.45, 7) is 4.28. The highest BCUT2D eigenvalue weighted by Gasteiger charge is 2.53. The first-order valence-corrected chi connectivity index (χ1v) is 10.2. The van der Waals surface area contributed by atoms with E-state index in [1.807, 2.05) is 17.0 Å². The molecule has 2 saturated heterocycles. The number of hydrogen-bond acceptors (Lipinski definition) is 9. The Morgan fingerprint density at radius 3 is 2.74 bits per heavy atom. The van der Waals surface area contributed by atoms with E-state index in [1.165, 1.54) is 0 Å². The van der Waals surface area contributed by atoms with Gasteiger partial charge in [0.2, 0.25) is 11.7 Å². The summed E-state index contributed by atoms with van der Waals surface area (Å²) in [6, 6.07) is 3.74. The molecular formula is C21H24N6O4. The summed E-state index contributed by atoms with van der Waals surface area (Å²) in [5.74, 6) is 1.66. The van der Waals surface area contributed by atoms with Gasteiger partial charge < -0.3 is 18.7 Å². The molecule has 10 heteroatoms. The first kappa shape index (κ1) is 19.8. The number of pyridine rings is 1. The number of methoxy groups -OCH3 is 1. The van der Waals surface area contributed by atoms with Gasteiger partial charge in [0.15, 0.2) is 5.69 Å². The maximum atomic E-state index is 13.0. The first-order valence-electron chi connectivity index (χ1n) is 10.2. The molecule has 5 rings (SSSR count). The van der Waals surface area contributed by atoms with Crippen LogP contribution in [0.3, 0.4) is 0 Å². The number of likely N-dealkylation sites (tertiary alicyclic amines) is 2. The Labute approximate surface area is 179 Å². The number of carbonyl (C=O) groups is 1. The van der Waals surface area contributed by atoms with Gasteiger partial charge >= 0.3 is 0 Å². The lowest BCUT2D eigenvalue weighted by Gasteiger charge is -2.47. The van der Waals surface area contributed by atoms with E-state index in [-0.39, 0.29) is 17.4 Å². The summed E-state index contributed by atoms with van der Waals surface area (Å²) in [6.07, 6.45) is 4.26. The second-order valence-corrected chi connectivity index (χ2v) is 8.49. The summed E-state index contributed by atoms with van der Waals surface area (Å²) in [7, 11) is 3.64. The van der Waals surface area contributed by atoms with E-state index >= 15 is 0 Å². The molecule has 3 aromatic heterocycles. The molecule has 0 radical (unpaired) electrons. The highest BCUT2D eigenvalue weighted by atomic mass is 16.5. The molecule has 5 heterocycles. The zero-order valence-corrected chi connectivity index (χ0v) is 17.7. The molecule has 31 heavy (non-hydrogen) atoms. The predicted octanol–water partition coefficient (Wildman–Crippen LogP) is 2.09. The molecule has 2 aliphatic heterocycles. The number of rotatable bonds is 5. The minimum Gasteiger partial charge on any atom is -0.380 e. The van der Waals surface area contributed by atoms with Crippen molar-refractivity contribution in [2.75, 3.05) is 33.8 Å². The number of aryl methyl sites for hydroxylation is 1. The van der Waals surface area contributed by atoms with Crippen molar-refractivity contribution in [3.05, 3.63) is 47.4 Å². The van der Waals surface area contributed by atoms with E-state index in [0.29, 0.717) is 48.4 Å². The SMILES string of the molecule is COCc1c(C(=O)N2CC3(CC(c4nc(-c5ccncc5)no4)N(C)C3)C2)noc1C. The summed E-state index contributed by atoms with van der Waals surface area (Å²) in [5, 5.41) is 8.10. The number of amides is 1. The van der Waals surface area contributed by atoms with E-state index in [2.05, 4.69) is 32.2 Å². The van der Waals surface area contributed by atoms with Crippen molar-refractivity contribution in [3.63, 3.8) is 0 Å². The molecule has 0 N–H and O–H groups in total. The van der Waals surface area contributed by atoms with Gasteiger partial charge in [-0.25, -0.2) is 0 Å². The monoisotopic (exact) mass is 424 g/mol. The number of aromatic nitrogens is 4. The largest absolute Gasteiger partial charge is 0.380 e.